The van der Waals surface area contributed by atoms with Gasteiger partial charge in [-0.25, -0.2) is 0 Å². The van der Waals surface area contributed by atoms with Gasteiger partial charge in [0.1, 0.15) is 0 Å². The second-order valence-corrected chi connectivity index (χ2v) is 4.45. The van der Waals surface area contributed by atoms with Gasteiger partial charge in [-0.1, -0.05) is 24.3 Å². The van der Waals surface area contributed by atoms with Crippen molar-refractivity contribution >= 4 is 11.9 Å². The minimum Gasteiger partial charge on any atom is -0.466 e. The van der Waals surface area contributed by atoms with Crippen LogP contribution in [0.1, 0.15) is 43.9 Å². The summed E-state index contributed by atoms with van der Waals surface area (Å²) < 4.78 is 4.78. The van der Waals surface area contributed by atoms with Crippen LogP contribution in [-0.2, 0) is 14.3 Å². The number of rotatable bonds is 6. The van der Waals surface area contributed by atoms with Crippen LogP contribution >= 0.6 is 0 Å². The van der Waals surface area contributed by atoms with Crippen LogP contribution in [-0.4, -0.2) is 18.5 Å². The number of benzene rings is 1. The molecule has 0 radical (unpaired) electrons. The van der Waals surface area contributed by atoms with Gasteiger partial charge in [-0.05, 0) is 31.9 Å². The third-order valence-corrected chi connectivity index (χ3v) is 2.89. The number of carbonyl (C=O) groups is 2. The molecule has 0 aromatic heterocycles. The summed E-state index contributed by atoms with van der Waals surface area (Å²) in [4.78, 5) is 22.9. The van der Waals surface area contributed by atoms with Gasteiger partial charge < -0.3 is 10.1 Å². The van der Waals surface area contributed by atoms with Gasteiger partial charge in [0.25, 0.3) is 0 Å². The molecular formula is C15H21NO3. The van der Waals surface area contributed by atoms with Crippen molar-refractivity contribution in [1.29, 1.82) is 0 Å². The van der Waals surface area contributed by atoms with Crippen LogP contribution in [0.25, 0.3) is 0 Å². The normalized spacial score (nSPS) is 11.7. The summed E-state index contributed by atoms with van der Waals surface area (Å²) in [7, 11) is 0. The van der Waals surface area contributed by atoms with Crippen LogP contribution in [0.3, 0.4) is 0 Å². The predicted octanol–water partition coefficient (Wildman–Crippen LogP) is 2.52. The van der Waals surface area contributed by atoms with E-state index in [-0.39, 0.29) is 30.8 Å². The highest BCUT2D eigenvalue weighted by Crippen LogP contribution is 2.16. The minimum atomic E-state index is -0.332. The van der Waals surface area contributed by atoms with Crippen molar-refractivity contribution in [2.75, 3.05) is 6.61 Å². The Balaban J connectivity index is 2.44. The maximum atomic E-state index is 11.7. The van der Waals surface area contributed by atoms with Gasteiger partial charge in [-0.3, -0.25) is 9.59 Å². The molecule has 104 valence electrons. The van der Waals surface area contributed by atoms with E-state index in [1.54, 1.807) is 6.92 Å². The number of aryl methyl sites for hydroxylation is 1. The SMILES string of the molecule is CCOC(=O)CCC(=O)NC(C)c1ccccc1C. The predicted molar refractivity (Wildman–Crippen MR) is 73.6 cm³/mol. The lowest BCUT2D eigenvalue weighted by Crippen LogP contribution is -2.27. The monoisotopic (exact) mass is 263 g/mol. The smallest absolute Gasteiger partial charge is 0.306 e. The molecule has 1 unspecified atom stereocenters. The topological polar surface area (TPSA) is 55.4 Å². The van der Waals surface area contributed by atoms with E-state index < -0.39 is 0 Å². The highest BCUT2D eigenvalue weighted by Gasteiger charge is 2.12. The molecule has 0 aliphatic carbocycles. The quantitative estimate of drug-likeness (QED) is 0.802. The molecule has 0 spiro atoms. The molecule has 1 atom stereocenters. The summed E-state index contributed by atoms with van der Waals surface area (Å²) in [6, 6.07) is 7.86. The number of nitrogens with one attached hydrogen (secondary N) is 1. The Morgan fingerprint density at radius 3 is 2.58 bits per heavy atom. The first-order valence-electron chi connectivity index (χ1n) is 6.55. The standard InChI is InChI=1S/C15H21NO3/c1-4-19-15(18)10-9-14(17)16-12(3)13-8-6-5-7-11(13)2/h5-8,12H,4,9-10H2,1-3H3,(H,16,17). The molecule has 1 aromatic carbocycles. The van der Waals surface area contributed by atoms with Gasteiger partial charge in [0, 0.05) is 6.42 Å². The second-order valence-electron chi connectivity index (χ2n) is 4.45. The van der Waals surface area contributed by atoms with Gasteiger partial charge in [0.05, 0.1) is 19.1 Å². The Hall–Kier alpha value is -1.84. The zero-order valence-corrected chi connectivity index (χ0v) is 11.7. The molecule has 1 aromatic rings. The van der Waals surface area contributed by atoms with Crippen molar-refractivity contribution in [3.8, 4) is 0 Å². The van der Waals surface area contributed by atoms with Crippen molar-refractivity contribution in [1.82, 2.24) is 5.32 Å². The molecule has 0 fully saturated rings. The van der Waals surface area contributed by atoms with E-state index in [1.165, 1.54) is 0 Å². The van der Waals surface area contributed by atoms with Crippen molar-refractivity contribution in [3.05, 3.63) is 35.4 Å². The van der Waals surface area contributed by atoms with E-state index in [0.29, 0.717) is 6.61 Å². The molecule has 1 amide bonds. The molecule has 0 bridgehead atoms. The molecule has 4 nitrogen and oxygen atoms in total. The van der Waals surface area contributed by atoms with Crippen LogP contribution in [0.5, 0.6) is 0 Å². The Morgan fingerprint density at radius 1 is 1.26 bits per heavy atom. The van der Waals surface area contributed by atoms with Gasteiger partial charge in [-0.2, -0.15) is 0 Å². The molecule has 0 heterocycles. The summed E-state index contributed by atoms with van der Waals surface area (Å²) >= 11 is 0. The highest BCUT2D eigenvalue weighted by molar-refractivity contribution is 5.81. The van der Waals surface area contributed by atoms with Crippen LogP contribution < -0.4 is 5.32 Å². The number of hydrogen-bond donors (Lipinski definition) is 1. The van der Waals surface area contributed by atoms with Crippen LogP contribution in [0.4, 0.5) is 0 Å². The fourth-order valence-electron chi connectivity index (χ4n) is 1.91. The van der Waals surface area contributed by atoms with Gasteiger partial charge in [-0.15, -0.1) is 0 Å². The number of hydrogen-bond acceptors (Lipinski definition) is 3. The summed E-state index contributed by atoms with van der Waals surface area (Å²) in [5.41, 5.74) is 2.23. The zero-order chi connectivity index (χ0) is 14.3. The summed E-state index contributed by atoms with van der Waals surface area (Å²) in [5, 5.41) is 2.89. The second kappa shape index (κ2) is 7.56. The molecule has 0 saturated heterocycles. The van der Waals surface area contributed by atoms with Crippen molar-refractivity contribution in [3.63, 3.8) is 0 Å². The van der Waals surface area contributed by atoms with E-state index in [9.17, 15) is 9.59 Å². The zero-order valence-electron chi connectivity index (χ0n) is 11.7. The average Bonchev–Trinajstić information content (AvgIpc) is 2.37. The number of carbonyl (C=O) groups excluding carboxylic acids is 2. The van der Waals surface area contributed by atoms with Crippen molar-refractivity contribution in [2.24, 2.45) is 0 Å². The molecule has 0 saturated carbocycles. The fraction of sp³-hybridized carbons (Fsp3) is 0.467. The molecule has 4 heteroatoms. The Kier molecular flexibility index (Phi) is 6.06. The van der Waals surface area contributed by atoms with E-state index in [0.717, 1.165) is 11.1 Å². The largest absolute Gasteiger partial charge is 0.466 e. The van der Waals surface area contributed by atoms with Crippen molar-refractivity contribution < 1.29 is 14.3 Å². The third-order valence-electron chi connectivity index (χ3n) is 2.89. The summed E-state index contributed by atoms with van der Waals surface area (Å²) in [6.45, 7) is 6.04. The Morgan fingerprint density at radius 2 is 1.95 bits per heavy atom. The lowest BCUT2D eigenvalue weighted by atomic mass is 10.0. The summed E-state index contributed by atoms with van der Waals surface area (Å²) in [5.74, 6) is -0.468. The van der Waals surface area contributed by atoms with Gasteiger partial charge in [0.15, 0.2) is 0 Å². The fourth-order valence-corrected chi connectivity index (χ4v) is 1.91. The maximum Gasteiger partial charge on any atom is 0.306 e. The molecule has 0 aliphatic heterocycles. The molecule has 1 N–H and O–H groups in total. The first-order chi connectivity index (χ1) is 9.04. The molecule has 1 rings (SSSR count). The maximum absolute atomic E-state index is 11.7. The van der Waals surface area contributed by atoms with Gasteiger partial charge in [0.2, 0.25) is 5.91 Å². The van der Waals surface area contributed by atoms with E-state index >= 15 is 0 Å². The number of amides is 1. The number of ether oxygens (including phenoxy) is 1. The summed E-state index contributed by atoms with van der Waals surface area (Å²) in [6.07, 6.45) is 0.287. The van der Waals surface area contributed by atoms with Crippen molar-refractivity contribution in [2.45, 2.75) is 39.7 Å². The lowest BCUT2D eigenvalue weighted by Gasteiger charge is -2.16. The lowest BCUT2D eigenvalue weighted by molar-refractivity contribution is -0.144. The van der Waals surface area contributed by atoms with E-state index in [1.807, 2.05) is 38.1 Å². The Labute approximate surface area is 114 Å². The third kappa shape index (κ3) is 5.12. The van der Waals surface area contributed by atoms with Gasteiger partial charge >= 0.3 is 5.97 Å². The molecular weight excluding hydrogens is 242 g/mol. The first-order valence-corrected chi connectivity index (χ1v) is 6.55. The highest BCUT2D eigenvalue weighted by atomic mass is 16.5. The van der Waals surface area contributed by atoms with Crippen LogP contribution in [0, 0.1) is 6.92 Å². The number of esters is 1. The van der Waals surface area contributed by atoms with Crippen LogP contribution in [0.15, 0.2) is 24.3 Å². The average molecular weight is 263 g/mol. The molecule has 19 heavy (non-hydrogen) atoms. The van der Waals surface area contributed by atoms with Crippen LogP contribution in [0.2, 0.25) is 0 Å². The van der Waals surface area contributed by atoms with E-state index in [4.69, 9.17) is 4.74 Å². The van der Waals surface area contributed by atoms with E-state index in [2.05, 4.69) is 5.32 Å². The molecule has 0 aliphatic rings. The first kappa shape index (κ1) is 15.2. The minimum absolute atomic E-state index is 0.0594. The Bertz CT molecular complexity index is 443.